The van der Waals surface area contributed by atoms with E-state index in [9.17, 15) is 9.59 Å². The van der Waals surface area contributed by atoms with Gasteiger partial charge in [-0.3, -0.25) is 0 Å². The van der Waals surface area contributed by atoms with Crippen molar-refractivity contribution in [3.63, 3.8) is 0 Å². The molecule has 150 valence electrons. The number of halogens is 1. The second kappa shape index (κ2) is 9.19. The minimum atomic E-state index is -0.634. The zero-order chi connectivity index (χ0) is 21.0. The molecule has 0 saturated heterocycles. The van der Waals surface area contributed by atoms with E-state index in [2.05, 4.69) is 20.9 Å². The van der Waals surface area contributed by atoms with Gasteiger partial charge >= 0.3 is 11.6 Å². The number of carbonyl (C=O) groups excluding carboxylic acids is 1. The standard InChI is InChI=1S/C21H19BrN2O4S/c1-4-27-20(25)17-16(13-8-5-6-9-14(13)22)18(23-12-24(2)3)21(26)28-19(17)15-10-7-11-29-15/h5-12H,4H2,1-3H3. The summed E-state index contributed by atoms with van der Waals surface area (Å²) in [5.74, 6) is -0.398. The molecule has 0 amide bonds. The Kier molecular flexibility index (Phi) is 6.66. The van der Waals surface area contributed by atoms with Gasteiger partial charge in [0.15, 0.2) is 11.4 Å². The molecule has 6 nitrogen and oxygen atoms in total. The van der Waals surface area contributed by atoms with Crippen LogP contribution in [0.15, 0.2) is 60.5 Å². The molecule has 29 heavy (non-hydrogen) atoms. The van der Waals surface area contributed by atoms with Crippen molar-refractivity contribution in [2.45, 2.75) is 6.92 Å². The molecule has 0 radical (unpaired) electrons. The van der Waals surface area contributed by atoms with Gasteiger partial charge in [-0.1, -0.05) is 40.2 Å². The number of nitrogens with zero attached hydrogens (tertiary/aromatic N) is 2. The molecule has 0 aliphatic heterocycles. The van der Waals surface area contributed by atoms with Gasteiger partial charge in [0.1, 0.15) is 5.56 Å². The van der Waals surface area contributed by atoms with Gasteiger partial charge in [-0.2, -0.15) is 0 Å². The van der Waals surface area contributed by atoms with Crippen LogP contribution in [0, 0.1) is 0 Å². The SMILES string of the molecule is CCOC(=O)c1c(-c2cccs2)oc(=O)c(N=CN(C)C)c1-c1ccccc1Br. The Morgan fingerprint density at radius 3 is 2.66 bits per heavy atom. The minimum Gasteiger partial charge on any atom is -0.462 e. The largest absolute Gasteiger partial charge is 0.462 e. The van der Waals surface area contributed by atoms with Crippen LogP contribution in [0.1, 0.15) is 17.3 Å². The molecule has 0 bridgehead atoms. The van der Waals surface area contributed by atoms with Crippen LogP contribution in [0.5, 0.6) is 0 Å². The number of hydrogen-bond donors (Lipinski definition) is 0. The highest BCUT2D eigenvalue weighted by Gasteiger charge is 2.29. The molecule has 2 heterocycles. The molecule has 0 aliphatic rings. The van der Waals surface area contributed by atoms with Crippen LogP contribution >= 0.6 is 27.3 Å². The van der Waals surface area contributed by atoms with Crippen LogP contribution in [0.4, 0.5) is 5.69 Å². The minimum absolute atomic E-state index is 0.0361. The Morgan fingerprint density at radius 1 is 1.28 bits per heavy atom. The maximum atomic E-state index is 13.0. The lowest BCUT2D eigenvalue weighted by Crippen LogP contribution is -2.14. The fourth-order valence-electron chi connectivity index (χ4n) is 2.72. The number of hydrogen-bond acceptors (Lipinski definition) is 6. The van der Waals surface area contributed by atoms with Gasteiger partial charge in [0.2, 0.25) is 0 Å². The highest BCUT2D eigenvalue weighted by molar-refractivity contribution is 9.10. The first kappa shape index (κ1) is 21.0. The van der Waals surface area contributed by atoms with Crippen LogP contribution < -0.4 is 5.63 Å². The van der Waals surface area contributed by atoms with Gasteiger partial charge < -0.3 is 14.1 Å². The van der Waals surface area contributed by atoms with E-state index in [1.54, 1.807) is 32.0 Å². The van der Waals surface area contributed by atoms with E-state index in [-0.39, 0.29) is 23.6 Å². The summed E-state index contributed by atoms with van der Waals surface area (Å²) in [6.45, 7) is 1.92. The highest BCUT2D eigenvalue weighted by Crippen LogP contribution is 2.41. The van der Waals surface area contributed by atoms with E-state index in [0.717, 1.165) is 4.47 Å². The third-order valence-electron chi connectivity index (χ3n) is 3.89. The number of benzene rings is 1. The van der Waals surface area contributed by atoms with E-state index >= 15 is 0 Å². The fraction of sp³-hybridized carbons (Fsp3) is 0.190. The van der Waals surface area contributed by atoms with E-state index in [1.165, 1.54) is 17.7 Å². The summed E-state index contributed by atoms with van der Waals surface area (Å²) in [6.07, 6.45) is 1.49. The van der Waals surface area contributed by atoms with Gasteiger partial charge in [-0.25, -0.2) is 14.6 Å². The number of thiophene rings is 1. The Morgan fingerprint density at radius 2 is 2.03 bits per heavy atom. The topological polar surface area (TPSA) is 72.1 Å². The molecule has 3 rings (SSSR count). The van der Waals surface area contributed by atoms with Gasteiger partial charge in [-0.05, 0) is 30.0 Å². The summed E-state index contributed by atoms with van der Waals surface area (Å²) in [5, 5.41) is 1.85. The second-order valence-corrected chi connectivity index (χ2v) is 8.01. The third-order valence-corrected chi connectivity index (χ3v) is 5.45. The van der Waals surface area contributed by atoms with E-state index in [4.69, 9.17) is 9.15 Å². The molecule has 0 atom stereocenters. The average molecular weight is 475 g/mol. The number of rotatable bonds is 6. The summed E-state index contributed by atoms with van der Waals surface area (Å²) < 4.78 is 11.6. The monoisotopic (exact) mass is 474 g/mol. The number of ether oxygens (including phenoxy) is 1. The molecule has 0 fully saturated rings. The van der Waals surface area contributed by atoms with Gasteiger partial charge in [0.25, 0.3) is 0 Å². The summed E-state index contributed by atoms with van der Waals surface area (Å²) in [7, 11) is 3.57. The van der Waals surface area contributed by atoms with Crippen molar-refractivity contribution in [3.8, 4) is 21.8 Å². The van der Waals surface area contributed by atoms with Crippen LogP contribution in [0.3, 0.4) is 0 Å². The molecule has 0 spiro atoms. The van der Waals surface area contributed by atoms with Gasteiger partial charge in [0.05, 0.1) is 17.8 Å². The highest BCUT2D eigenvalue weighted by atomic mass is 79.9. The molecule has 2 aromatic heterocycles. The lowest BCUT2D eigenvalue weighted by Gasteiger charge is -2.15. The first-order valence-electron chi connectivity index (χ1n) is 8.81. The van der Waals surface area contributed by atoms with Crippen molar-refractivity contribution in [1.82, 2.24) is 4.90 Å². The normalized spacial score (nSPS) is 11.0. The molecule has 0 N–H and O–H groups in total. The van der Waals surface area contributed by atoms with E-state index in [1.807, 2.05) is 35.7 Å². The number of esters is 1. The van der Waals surface area contributed by atoms with E-state index < -0.39 is 11.6 Å². The van der Waals surface area contributed by atoms with Crippen LogP contribution in [0.2, 0.25) is 0 Å². The lowest BCUT2D eigenvalue weighted by atomic mass is 9.97. The van der Waals surface area contributed by atoms with Crippen LogP contribution in [-0.4, -0.2) is 37.9 Å². The summed E-state index contributed by atoms with van der Waals surface area (Å²) in [6, 6.07) is 10.9. The van der Waals surface area contributed by atoms with Crippen molar-refractivity contribution in [3.05, 3.63) is 62.2 Å². The quantitative estimate of drug-likeness (QED) is 0.279. The molecular weight excluding hydrogens is 456 g/mol. The predicted molar refractivity (Wildman–Crippen MR) is 119 cm³/mol. The van der Waals surface area contributed by atoms with Crippen molar-refractivity contribution >= 4 is 45.3 Å². The second-order valence-electron chi connectivity index (χ2n) is 6.20. The average Bonchev–Trinajstić information content (AvgIpc) is 3.21. The van der Waals surface area contributed by atoms with Crippen molar-refractivity contribution in [2.75, 3.05) is 20.7 Å². The zero-order valence-electron chi connectivity index (χ0n) is 16.1. The van der Waals surface area contributed by atoms with Crippen molar-refractivity contribution in [2.24, 2.45) is 4.99 Å². The Hall–Kier alpha value is -2.71. The van der Waals surface area contributed by atoms with Gasteiger partial charge in [0, 0.05) is 24.1 Å². The van der Waals surface area contributed by atoms with Crippen LogP contribution in [-0.2, 0) is 4.74 Å². The maximum Gasteiger partial charge on any atom is 0.363 e. The van der Waals surface area contributed by atoms with Crippen molar-refractivity contribution < 1.29 is 13.9 Å². The Bertz CT molecular complexity index is 1100. The lowest BCUT2D eigenvalue weighted by molar-refractivity contribution is 0.0526. The zero-order valence-corrected chi connectivity index (χ0v) is 18.5. The first-order valence-corrected chi connectivity index (χ1v) is 10.5. The smallest absolute Gasteiger partial charge is 0.363 e. The molecular formula is C21H19BrN2O4S. The van der Waals surface area contributed by atoms with Gasteiger partial charge in [-0.15, -0.1) is 11.3 Å². The molecule has 8 heteroatoms. The number of aliphatic imine (C=N–C) groups is 1. The molecule has 0 aliphatic carbocycles. The summed E-state index contributed by atoms with van der Waals surface area (Å²) in [5.41, 5.74) is 0.590. The summed E-state index contributed by atoms with van der Waals surface area (Å²) in [4.78, 5) is 32.6. The predicted octanol–water partition coefficient (Wildman–Crippen LogP) is 5.20. The molecule has 3 aromatic rings. The maximum absolute atomic E-state index is 13.0. The number of carbonyl (C=O) groups is 1. The molecule has 0 saturated carbocycles. The summed E-state index contributed by atoms with van der Waals surface area (Å²) >= 11 is 4.89. The first-order chi connectivity index (χ1) is 13.9. The van der Waals surface area contributed by atoms with E-state index in [0.29, 0.717) is 16.0 Å². The fourth-order valence-corrected chi connectivity index (χ4v) is 3.92. The Balaban J connectivity index is 2.46. The van der Waals surface area contributed by atoms with Crippen LogP contribution in [0.25, 0.3) is 21.8 Å². The third kappa shape index (κ3) is 4.49. The Labute approximate surface area is 180 Å². The van der Waals surface area contributed by atoms with Crippen molar-refractivity contribution in [1.29, 1.82) is 0 Å². The molecule has 0 unspecified atom stereocenters. The molecule has 1 aromatic carbocycles.